The average Bonchev–Trinajstić information content (AvgIpc) is 3.02. The molecule has 2 atom stereocenters. The molecule has 1 amide bonds. The summed E-state index contributed by atoms with van der Waals surface area (Å²) in [6.07, 6.45) is -0.0214. The molecule has 0 aromatic heterocycles. The van der Waals surface area contributed by atoms with Crippen LogP contribution < -0.4 is 15.4 Å². The molecule has 2 aromatic carbocycles. The molecule has 0 radical (unpaired) electrons. The van der Waals surface area contributed by atoms with Gasteiger partial charge in [0, 0.05) is 12.2 Å². The highest BCUT2D eigenvalue weighted by molar-refractivity contribution is 9.10. The predicted octanol–water partition coefficient (Wildman–Crippen LogP) is 3.11. The molecule has 7 heteroatoms. The summed E-state index contributed by atoms with van der Waals surface area (Å²) in [6, 6.07) is 15.0. The van der Waals surface area contributed by atoms with Crippen molar-refractivity contribution in [3.8, 4) is 5.75 Å². The second kappa shape index (κ2) is 9.20. The molecule has 25 heavy (non-hydrogen) atoms. The molecule has 1 aliphatic heterocycles. The number of hydrogen-bond acceptors (Lipinski definition) is 4. The summed E-state index contributed by atoms with van der Waals surface area (Å²) in [5.41, 5.74) is 1.77. The summed E-state index contributed by atoms with van der Waals surface area (Å²) in [7, 11) is 0. The minimum absolute atomic E-state index is 0. The van der Waals surface area contributed by atoms with Crippen LogP contribution in [-0.2, 0) is 11.4 Å². The number of ether oxygens (including phenoxy) is 1. The van der Waals surface area contributed by atoms with Gasteiger partial charge >= 0.3 is 0 Å². The van der Waals surface area contributed by atoms with Crippen LogP contribution in [0.15, 0.2) is 53.0 Å². The van der Waals surface area contributed by atoms with Crippen molar-refractivity contribution in [3.05, 3.63) is 58.6 Å². The minimum Gasteiger partial charge on any atom is -0.488 e. The van der Waals surface area contributed by atoms with E-state index in [1.54, 1.807) is 6.07 Å². The summed E-state index contributed by atoms with van der Waals surface area (Å²) in [5, 5.41) is 15.3. The van der Waals surface area contributed by atoms with E-state index < -0.39 is 6.10 Å². The van der Waals surface area contributed by atoms with E-state index in [1.807, 2.05) is 42.5 Å². The number of aliphatic hydroxyl groups excluding tert-OH is 1. The lowest BCUT2D eigenvalue weighted by Crippen LogP contribution is -2.35. The van der Waals surface area contributed by atoms with E-state index in [4.69, 9.17) is 4.74 Å². The Bertz CT molecular complexity index is 715. The molecular weight excluding hydrogens is 408 g/mol. The summed E-state index contributed by atoms with van der Waals surface area (Å²) >= 11 is 3.47. The summed E-state index contributed by atoms with van der Waals surface area (Å²) in [4.78, 5) is 12.1. The van der Waals surface area contributed by atoms with Crippen LogP contribution in [0.25, 0.3) is 0 Å². The third-order valence-electron chi connectivity index (χ3n) is 3.86. The molecule has 5 nitrogen and oxygen atoms in total. The fourth-order valence-corrected chi connectivity index (χ4v) is 3.07. The van der Waals surface area contributed by atoms with Gasteiger partial charge < -0.3 is 20.5 Å². The van der Waals surface area contributed by atoms with Gasteiger partial charge in [-0.3, -0.25) is 4.79 Å². The Balaban J connectivity index is 0.00000225. The number of rotatable bonds is 5. The van der Waals surface area contributed by atoms with Crippen molar-refractivity contribution in [1.29, 1.82) is 0 Å². The Morgan fingerprint density at radius 1 is 1.28 bits per heavy atom. The molecule has 1 aliphatic rings. The van der Waals surface area contributed by atoms with Gasteiger partial charge in [-0.2, -0.15) is 0 Å². The Hall–Kier alpha value is -1.60. The SMILES string of the molecule is Cl.O=C(Nc1ccc(OCc2ccccc2)c(Br)c1)C1CC(O)CN1. The number of β-amino-alcohol motifs (C(OH)–C–C–N with tert-alkyl or cyclic N) is 1. The van der Waals surface area contributed by atoms with Crippen LogP contribution in [0.1, 0.15) is 12.0 Å². The largest absolute Gasteiger partial charge is 0.488 e. The van der Waals surface area contributed by atoms with Crippen molar-refractivity contribution in [1.82, 2.24) is 5.32 Å². The van der Waals surface area contributed by atoms with Crippen LogP contribution >= 0.6 is 28.3 Å². The van der Waals surface area contributed by atoms with E-state index in [9.17, 15) is 9.90 Å². The third kappa shape index (κ3) is 5.44. The maximum absolute atomic E-state index is 12.1. The van der Waals surface area contributed by atoms with E-state index in [0.29, 0.717) is 31.0 Å². The van der Waals surface area contributed by atoms with Crippen LogP contribution in [0.3, 0.4) is 0 Å². The molecule has 0 aliphatic carbocycles. The second-order valence-corrected chi connectivity index (χ2v) is 6.61. The van der Waals surface area contributed by atoms with Crippen LogP contribution in [0.4, 0.5) is 5.69 Å². The predicted molar refractivity (Wildman–Crippen MR) is 103 cm³/mol. The first kappa shape index (κ1) is 19.7. The van der Waals surface area contributed by atoms with Gasteiger partial charge in [0.25, 0.3) is 0 Å². The number of halogens is 2. The molecule has 134 valence electrons. The zero-order chi connectivity index (χ0) is 16.9. The van der Waals surface area contributed by atoms with Gasteiger partial charge in [-0.1, -0.05) is 30.3 Å². The number of nitrogens with one attached hydrogen (secondary N) is 2. The lowest BCUT2D eigenvalue weighted by Gasteiger charge is -2.13. The Morgan fingerprint density at radius 2 is 2.04 bits per heavy atom. The molecule has 2 aromatic rings. The Labute approximate surface area is 161 Å². The lowest BCUT2D eigenvalue weighted by molar-refractivity contribution is -0.117. The maximum atomic E-state index is 12.1. The molecule has 1 saturated heterocycles. The van der Waals surface area contributed by atoms with Crippen molar-refractivity contribution in [2.75, 3.05) is 11.9 Å². The maximum Gasteiger partial charge on any atom is 0.241 e. The van der Waals surface area contributed by atoms with Gasteiger partial charge in [-0.05, 0) is 46.1 Å². The normalized spacial score (nSPS) is 19.1. The first-order valence-electron chi connectivity index (χ1n) is 7.80. The standard InChI is InChI=1S/C18H19BrN2O3.ClH/c19-15-8-13(21-18(23)16-9-14(22)10-20-16)6-7-17(15)24-11-12-4-2-1-3-5-12;/h1-8,14,16,20,22H,9-11H2,(H,21,23);1H. The molecule has 0 saturated carbocycles. The molecule has 3 rings (SSSR count). The van der Waals surface area contributed by atoms with Crippen molar-refractivity contribution >= 4 is 39.9 Å². The molecule has 0 bridgehead atoms. The molecule has 3 N–H and O–H groups in total. The summed E-state index contributed by atoms with van der Waals surface area (Å²) in [5.74, 6) is 0.572. The number of aliphatic hydroxyl groups is 1. The van der Waals surface area contributed by atoms with Crippen LogP contribution in [0.5, 0.6) is 5.75 Å². The minimum atomic E-state index is -0.457. The van der Waals surface area contributed by atoms with Crippen molar-refractivity contribution in [2.45, 2.75) is 25.2 Å². The van der Waals surface area contributed by atoms with E-state index in [0.717, 1.165) is 10.0 Å². The highest BCUT2D eigenvalue weighted by Crippen LogP contribution is 2.29. The number of carbonyl (C=O) groups is 1. The quantitative estimate of drug-likeness (QED) is 0.686. The van der Waals surface area contributed by atoms with Crippen LogP contribution in [0, 0.1) is 0 Å². The highest BCUT2D eigenvalue weighted by Gasteiger charge is 2.28. The van der Waals surface area contributed by atoms with Crippen molar-refractivity contribution < 1.29 is 14.6 Å². The van der Waals surface area contributed by atoms with Crippen molar-refractivity contribution in [2.24, 2.45) is 0 Å². The van der Waals surface area contributed by atoms with E-state index in [1.165, 1.54) is 0 Å². The first-order chi connectivity index (χ1) is 11.6. The number of carbonyl (C=O) groups excluding carboxylic acids is 1. The van der Waals surface area contributed by atoms with E-state index in [-0.39, 0.29) is 24.4 Å². The number of benzene rings is 2. The molecule has 2 unspecified atom stereocenters. The first-order valence-corrected chi connectivity index (χ1v) is 8.60. The smallest absolute Gasteiger partial charge is 0.241 e. The molecule has 1 heterocycles. The fourth-order valence-electron chi connectivity index (χ4n) is 2.58. The van der Waals surface area contributed by atoms with Gasteiger partial charge in [0.1, 0.15) is 12.4 Å². The topological polar surface area (TPSA) is 70.6 Å². The third-order valence-corrected chi connectivity index (χ3v) is 4.48. The number of hydrogen-bond donors (Lipinski definition) is 3. The molecule has 0 spiro atoms. The van der Waals surface area contributed by atoms with Crippen molar-refractivity contribution in [3.63, 3.8) is 0 Å². The molecule has 1 fully saturated rings. The van der Waals surface area contributed by atoms with E-state index in [2.05, 4.69) is 26.6 Å². The second-order valence-electron chi connectivity index (χ2n) is 5.76. The monoisotopic (exact) mass is 426 g/mol. The molecular formula is C18H20BrClN2O3. The highest BCUT2D eigenvalue weighted by atomic mass is 79.9. The van der Waals surface area contributed by atoms with Gasteiger partial charge in [0.05, 0.1) is 16.6 Å². The number of anilines is 1. The van der Waals surface area contributed by atoms with Crippen LogP contribution in [-0.4, -0.2) is 29.7 Å². The summed E-state index contributed by atoms with van der Waals surface area (Å²) in [6.45, 7) is 0.934. The Kier molecular flexibility index (Phi) is 7.25. The Morgan fingerprint density at radius 3 is 2.68 bits per heavy atom. The summed E-state index contributed by atoms with van der Waals surface area (Å²) < 4.78 is 6.57. The van der Waals surface area contributed by atoms with Gasteiger partial charge in [-0.15, -0.1) is 12.4 Å². The lowest BCUT2D eigenvalue weighted by atomic mass is 10.2. The zero-order valence-corrected chi connectivity index (χ0v) is 15.8. The van der Waals surface area contributed by atoms with Crippen LogP contribution in [0.2, 0.25) is 0 Å². The number of amides is 1. The van der Waals surface area contributed by atoms with Gasteiger partial charge in [0.15, 0.2) is 0 Å². The van der Waals surface area contributed by atoms with E-state index >= 15 is 0 Å². The average molecular weight is 428 g/mol. The fraction of sp³-hybridized carbons (Fsp3) is 0.278. The zero-order valence-electron chi connectivity index (χ0n) is 13.4. The van der Waals surface area contributed by atoms with Gasteiger partial charge in [-0.25, -0.2) is 0 Å². The van der Waals surface area contributed by atoms with Gasteiger partial charge in [0.2, 0.25) is 5.91 Å².